The Morgan fingerprint density at radius 2 is 2.29 bits per heavy atom. The van der Waals surface area contributed by atoms with Crippen molar-refractivity contribution < 1.29 is 4.79 Å². The summed E-state index contributed by atoms with van der Waals surface area (Å²) in [5.74, 6) is 0.368. The molecule has 0 aliphatic rings. The highest BCUT2D eigenvalue weighted by molar-refractivity contribution is 5.98. The maximum atomic E-state index is 11.9. The minimum atomic E-state index is 0.126. The first-order valence-electron chi connectivity index (χ1n) is 5.11. The molecule has 0 N–H and O–H groups in total. The molecule has 0 aliphatic carbocycles. The van der Waals surface area contributed by atoms with Crippen LogP contribution in [0.5, 0.6) is 0 Å². The molecule has 76 valence electrons. The largest absolute Gasteiger partial charge is 0.294 e. The molecule has 1 rings (SSSR count). The van der Waals surface area contributed by atoms with Gasteiger partial charge in [0.25, 0.3) is 0 Å². The fraction of sp³-hybridized carbons (Fsp3) is 0.500. The molecule has 2 nitrogen and oxygen atoms in total. The van der Waals surface area contributed by atoms with Crippen molar-refractivity contribution in [1.29, 1.82) is 0 Å². The van der Waals surface area contributed by atoms with Crippen LogP contribution in [-0.2, 0) is 0 Å². The Kier molecular flexibility index (Phi) is 3.81. The van der Waals surface area contributed by atoms with E-state index in [4.69, 9.17) is 0 Å². The maximum Gasteiger partial charge on any atom is 0.166 e. The van der Waals surface area contributed by atoms with Gasteiger partial charge in [-0.25, -0.2) is 0 Å². The van der Waals surface area contributed by atoms with E-state index >= 15 is 0 Å². The first-order valence-corrected chi connectivity index (χ1v) is 5.11. The third-order valence-corrected chi connectivity index (χ3v) is 2.46. The average Bonchev–Trinajstić information content (AvgIpc) is 2.18. The molecule has 1 atom stereocenters. The minimum Gasteiger partial charge on any atom is -0.294 e. The quantitative estimate of drug-likeness (QED) is 0.685. The number of carbonyl (C=O) groups excluding carboxylic acids is 1. The van der Waals surface area contributed by atoms with E-state index in [1.165, 1.54) is 0 Å². The molecule has 0 spiro atoms. The number of rotatable bonds is 4. The van der Waals surface area contributed by atoms with Crippen molar-refractivity contribution >= 4 is 5.78 Å². The first kappa shape index (κ1) is 10.9. The second-order valence-electron chi connectivity index (χ2n) is 3.74. The van der Waals surface area contributed by atoms with Crippen molar-refractivity contribution in [2.45, 2.75) is 33.6 Å². The molecule has 2 heteroatoms. The van der Waals surface area contributed by atoms with Crippen molar-refractivity contribution in [1.82, 2.24) is 4.98 Å². The monoisotopic (exact) mass is 191 g/mol. The van der Waals surface area contributed by atoms with Crippen molar-refractivity contribution in [3.8, 4) is 0 Å². The molecule has 0 saturated carbocycles. The van der Waals surface area contributed by atoms with Crippen LogP contribution in [0.25, 0.3) is 0 Å². The Balaban J connectivity index is 2.84. The summed E-state index contributed by atoms with van der Waals surface area (Å²) in [5, 5.41) is 0. The van der Waals surface area contributed by atoms with Crippen LogP contribution in [0.2, 0.25) is 0 Å². The van der Waals surface area contributed by atoms with E-state index in [2.05, 4.69) is 11.9 Å². The number of aromatic nitrogens is 1. The fourth-order valence-corrected chi connectivity index (χ4v) is 1.58. The summed E-state index contributed by atoms with van der Waals surface area (Å²) in [6.45, 7) is 6.02. The molecule has 0 saturated heterocycles. The first-order chi connectivity index (χ1) is 6.66. The van der Waals surface area contributed by atoms with E-state index in [1.807, 2.05) is 19.9 Å². The molecule has 1 heterocycles. The third kappa shape index (κ3) is 2.41. The van der Waals surface area contributed by atoms with Gasteiger partial charge < -0.3 is 0 Å². The van der Waals surface area contributed by atoms with Crippen molar-refractivity contribution in [2.24, 2.45) is 5.92 Å². The zero-order valence-electron chi connectivity index (χ0n) is 9.08. The predicted molar refractivity (Wildman–Crippen MR) is 57.4 cm³/mol. The van der Waals surface area contributed by atoms with Gasteiger partial charge in [0.05, 0.1) is 0 Å². The number of Topliss-reactive ketones (excluding diaryl/α,β-unsaturated/α-hetero) is 1. The second-order valence-corrected chi connectivity index (χ2v) is 3.74. The average molecular weight is 191 g/mol. The molecule has 1 aromatic heterocycles. The molecule has 0 fully saturated rings. The van der Waals surface area contributed by atoms with Crippen LogP contribution in [0.4, 0.5) is 0 Å². The zero-order chi connectivity index (χ0) is 10.6. The van der Waals surface area contributed by atoms with Gasteiger partial charge in [0.15, 0.2) is 5.78 Å². The minimum absolute atomic E-state index is 0.126. The van der Waals surface area contributed by atoms with Crippen molar-refractivity contribution in [3.05, 3.63) is 29.6 Å². The molecule has 0 bridgehead atoms. The molecule has 1 unspecified atom stereocenters. The summed E-state index contributed by atoms with van der Waals surface area (Å²) in [6, 6.07) is 1.81. The predicted octanol–water partition coefficient (Wildman–Crippen LogP) is 3.01. The summed E-state index contributed by atoms with van der Waals surface area (Å²) in [5.41, 5.74) is 1.79. The molecule has 1 aromatic rings. The number of aryl methyl sites for hydroxylation is 1. The van der Waals surface area contributed by atoms with E-state index in [0.29, 0.717) is 0 Å². The lowest BCUT2D eigenvalue weighted by Gasteiger charge is -2.10. The van der Waals surface area contributed by atoms with Crippen LogP contribution >= 0.6 is 0 Å². The van der Waals surface area contributed by atoms with E-state index in [9.17, 15) is 4.79 Å². The van der Waals surface area contributed by atoms with Crippen LogP contribution < -0.4 is 0 Å². The Hall–Kier alpha value is -1.18. The highest BCUT2D eigenvalue weighted by Gasteiger charge is 2.15. The van der Waals surface area contributed by atoms with Gasteiger partial charge >= 0.3 is 0 Å². The zero-order valence-corrected chi connectivity index (χ0v) is 9.08. The van der Waals surface area contributed by atoms with Gasteiger partial charge in [0, 0.05) is 23.9 Å². The van der Waals surface area contributed by atoms with E-state index in [1.54, 1.807) is 12.4 Å². The van der Waals surface area contributed by atoms with Gasteiger partial charge in [-0.2, -0.15) is 0 Å². The highest BCUT2D eigenvalue weighted by atomic mass is 16.1. The standard InChI is InChI=1S/C12H17NO/c1-4-5-9(2)12(14)11-6-7-13-8-10(11)3/h6-9H,4-5H2,1-3H3. The SMILES string of the molecule is CCCC(C)C(=O)c1ccncc1C. The molecule has 0 amide bonds. The van der Waals surface area contributed by atoms with Gasteiger partial charge in [0.1, 0.15) is 0 Å². The summed E-state index contributed by atoms with van der Waals surface area (Å²) >= 11 is 0. The molecule has 0 aromatic carbocycles. The Morgan fingerprint density at radius 1 is 1.57 bits per heavy atom. The second kappa shape index (κ2) is 4.89. The van der Waals surface area contributed by atoms with E-state index < -0.39 is 0 Å². The molecule has 14 heavy (non-hydrogen) atoms. The number of hydrogen-bond acceptors (Lipinski definition) is 2. The number of nitrogens with zero attached hydrogens (tertiary/aromatic N) is 1. The lowest BCUT2D eigenvalue weighted by molar-refractivity contribution is 0.0923. The number of carbonyl (C=O) groups is 1. The van der Waals surface area contributed by atoms with E-state index in [-0.39, 0.29) is 11.7 Å². The van der Waals surface area contributed by atoms with Crippen LogP contribution in [0, 0.1) is 12.8 Å². The number of hydrogen-bond donors (Lipinski definition) is 0. The fourth-order valence-electron chi connectivity index (χ4n) is 1.58. The van der Waals surface area contributed by atoms with Gasteiger partial charge in [-0.15, -0.1) is 0 Å². The summed E-state index contributed by atoms with van der Waals surface area (Å²) in [4.78, 5) is 15.9. The molecule has 0 radical (unpaired) electrons. The van der Waals surface area contributed by atoms with E-state index in [0.717, 1.165) is 24.0 Å². The summed E-state index contributed by atoms with van der Waals surface area (Å²) < 4.78 is 0. The van der Waals surface area contributed by atoms with Gasteiger partial charge in [0.2, 0.25) is 0 Å². The van der Waals surface area contributed by atoms with Crippen molar-refractivity contribution in [3.63, 3.8) is 0 Å². The lowest BCUT2D eigenvalue weighted by atomic mass is 9.94. The van der Waals surface area contributed by atoms with Crippen LogP contribution in [0.1, 0.15) is 42.6 Å². The lowest BCUT2D eigenvalue weighted by Crippen LogP contribution is -2.12. The number of pyridine rings is 1. The topological polar surface area (TPSA) is 30.0 Å². The van der Waals surface area contributed by atoms with Crippen LogP contribution in [-0.4, -0.2) is 10.8 Å². The third-order valence-electron chi connectivity index (χ3n) is 2.46. The normalized spacial score (nSPS) is 12.5. The smallest absolute Gasteiger partial charge is 0.166 e. The van der Waals surface area contributed by atoms with Gasteiger partial charge in [-0.1, -0.05) is 20.3 Å². The number of ketones is 1. The highest BCUT2D eigenvalue weighted by Crippen LogP contribution is 2.15. The molecular weight excluding hydrogens is 174 g/mol. The summed E-state index contributed by atoms with van der Waals surface area (Å²) in [6.07, 6.45) is 5.43. The van der Waals surface area contributed by atoms with Gasteiger partial charge in [-0.05, 0) is 25.0 Å². The van der Waals surface area contributed by atoms with Gasteiger partial charge in [-0.3, -0.25) is 9.78 Å². The van der Waals surface area contributed by atoms with Crippen molar-refractivity contribution in [2.75, 3.05) is 0 Å². The Bertz CT molecular complexity index is 320. The van der Waals surface area contributed by atoms with Crippen LogP contribution in [0.3, 0.4) is 0 Å². The molecule has 0 aliphatic heterocycles. The Labute approximate surface area is 85.4 Å². The van der Waals surface area contributed by atoms with Crippen LogP contribution in [0.15, 0.2) is 18.5 Å². The maximum absolute atomic E-state index is 11.9. The Morgan fingerprint density at radius 3 is 2.86 bits per heavy atom. The molecular formula is C12H17NO. The summed E-state index contributed by atoms with van der Waals surface area (Å²) in [7, 11) is 0.